The molecule has 0 amide bonds. The Morgan fingerprint density at radius 1 is 1.13 bits per heavy atom. The molecular formula is C23H32N5OS2+. The van der Waals surface area contributed by atoms with E-state index in [1.54, 1.807) is 28.0 Å². The van der Waals surface area contributed by atoms with Crippen molar-refractivity contribution in [3.63, 3.8) is 0 Å². The highest BCUT2D eigenvalue weighted by atomic mass is 32.2. The first-order valence-corrected chi connectivity index (χ1v) is 13.7. The van der Waals surface area contributed by atoms with Crippen molar-refractivity contribution in [2.45, 2.75) is 50.6 Å². The summed E-state index contributed by atoms with van der Waals surface area (Å²) in [7, 11) is 0. The summed E-state index contributed by atoms with van der Waals surface area (Å²) < 4.78 is 6.65. The van der Waals surface area contributed by atoms with Crippen LogP contribution in [-0.2, 0) is 24.0 Å². The predicted molar refractivity (Wildman–Crippen MR) is 130 cm³/mol. The lowest BCUT2D eigenvalue weighted by molar-refractivity contribution is -0.906. The topological polar surface area (TPSA) is 64.4 Å². The number of pyridine rings is 1. The van der Waals surface area contributed by atoms with Crippen molar-refractivity contribution in [1.29, 1.82) is 0 Å². The zero-order chi connectivity index (χ0) is 21.2. The smallest absolute Gasteiger partial charge is 0.189 e. The van der Waals surface area contributed by atoms with Crippen molar-refractivity contribution in [3.8, 4) is 0 Å². The standard InChI is InChI=1S/C23H31N5OS2/c1-3-4-8-17-15-6-5-7-16(15)18-19-20(31-22(18)25-17)21(27-23(26-19)30-2)24-9-10-28-11-13-29-14-12-28/h3-14H2,1-2H3,(H,24,26,27)/p+1. The van der Waals surface area contributed by atoms with E-state index in [2.05, 4.69) is 18.5 Å². The number of nitrogens with one attached hydrogen (secondary N) is 2. The van der Waals surface area contributed by atoms with Crippen LogP contribution in [0.4, 0.5) is 5.82 Å². The summed E-state index contributed by atoms with van der Waals surface area (Å²) in [6, 6.07) is 0. The summed E-state index contributed by atoms with van der Waals surface area (Å²) in [4.78, 5) is 17.7. The lowest BCUT2D eigenvalue weighted by atomic mass is 10.0. The fourth-order valence-electron chi connectivity index (χ4n) is 4.85. The summed E-state index contributed by atoms with van der Waals surface area (Å²) >= 11 is 3.39. The van der Waals surface area contributed by atoms with Crippen molar-refractivity contribution in [1.82, 2.24) is 15.0 Å². The normalized spacial score (nSPS) is 17.0. The maximum absolute atomic E-state index is 5.49. The molecule has 0 atom stereocenters. The number of fused-ring (bicyclic) bond motifs is 5. The van der Waals surface area contributed by atoms with E-state index in [-0.39, 0.29) is 0 Å². The van der Waals surface area contributed by atoms with E-state index in [0.717, 1.165) is 73.6 Å². The molecule has 166 valence electrons. The summed E-state index contributed by atoms with van der Waals surface area (Å²) in [6.07, 6.45) is 9.14. The number of rotatable bonds is 8. The molecule has 0 aromatic carbocycles. The molecule has 4 heterocycles. The van der Waals surface area contributed by atoms with Crippen LogP contribution in [0.5, 0.6) is 0 Å². The van der Waals surface area contributed by atoms with E-state index in [1.807, 2.05) is 0 Å². The van der Waals surface area contributed by atoms with Crippen molar-refractivity contribution >= 4 is 49.3 Å². The molecule has 3 aromatic rings. The Morgan fingerprint density at radius 2 is 1.97 bits per heavy atom. The minimum absolute atomic E-state index is 0.843. The Morgan fingerprint density at radius 3 is 2.77 bits per heavy atom. The number of aromatic nitrogens is 3. The average molecular weight is 459 g/mol. The van der Waals surface area contributed by atoms with Gasteiger partial charge in [-0.2, -0.15) is 0 Å². The van der Waals surface area contributed by atoms with E-state index >= 15 is 0 Å². The first-order valence-electron chi connectivity index (χ1n) is 11.6. The Kier molecular flexibility index (Phi) is 6.59. The largest absolute Gasteiger partial charge is 0.370 e. The van der Waals surface area contributed by atoms with E-state index in [4.69, 9.17) is 19.7 Å². The van der Waals surface area contributed by atoms with Crippen molar-refractivity contribution in [2.75, 3.05) is 51.0 Å². The van der Waals surface area contributed by atoms with Crippen LogP contribution in [0, 0.1) is 0 Å². The average Bonchev–Trinajstić information content (AvgIpc) is 3.42. The summed E-state index contributed by atoms with van der Waals surface area (Å²) in [6.45, 7) is 8.19. The van der Waals surface area contributed by atoms with Crippen molar-refractivity contribution in [3.05, 3.63) is 16.8 Å². The highest BCUT2D eigenvalue weighted by molar-refractivity contribution is 7.98. The van der Waals surface area contributed by atoms with E-state index in [0.29, 0.717) is 0 Å². The molecule has 1 aliphatic carbocycles. The van der Waals surface area contributed by atoms with Gasteiger partial charge in [0.25, 0.3) is 0 Å². The molecule has 1 fully saturated rings. The number of anilines is 1. The van der Waals surface area contributed by atoms with Gasteiger partial charge < -0.3 is 15.0 Å². The first-order chi connectivity index (χ1) is 15.3. The maximum atomic E-state index is 5.49. The van der Waals surface area contributed by atoms with Gasteiger partial charge in [0.2, 0.25) is 0 Å². The van der Waals surface area contributed by atoms with Crippen molar-refractivity contribution < 1.29 is 9.64 Å². The number of ether oxygens (including phenoxy) is 1. The predicted octanol–water partition coefficient (Wildman–Crippen LogP) is 3.12. The molecule has 0 bridgehead atoms. The molecule has 1 aliphatic heterocycles. The van der Waals surface area contributed by atoms with Crippen LogP contribution in [0.1, 0.15) is 43.0 Å². The molecule has 5 rings (SSSR count). The number of quaternary nitrogens is 1. The summed E-state index contributed by atoms with van der Waals surface area (Å²) in [5, 5.41) is 5.79. The molecule has 2 aliphatic rings. The van der Waals surface area contributed by atoms with Crippen LogP contribution in [0.25, 0.3) is 20.4 Å². The third kappa shape index (κ3) is 4.27. The van der Waals surface area contributed by atoms with Crippen LogP contribution in [0.2, 0.25) is 0 Å². The van der Waals surface area contributed by atoms with Crippen molar-refractivity contribution in [2.24, 2.45) is 0 Å². The zero-order valence-electron chi connectivity index (χ0n) is 18.6. The van der Waals surface area contributed by atoms with E-state index in [1.165, 1.54) is 52.6 Å². The lowest BCUT2D eigenvalue weighted by Crippen LogP contribution is -3.14. The third-order valence-electron chi connectivity index (χ3n) is 6.52. The quantitative estimate of drug-likeness (QED) is 0.399. The van der Waals surface area contributed by atoms with Gasteiger partial charge in [-0.15, -0.1) is 11.3 Å². The van der Waals surface area contributed by atoms with Gasteiger partial charge in [-0.3, -0.25) is 0 Å². The maximum Gasteiger partial charge on any atom is 0.189 e. The Balaban J connectivity index is 1.52. The van der Waals surface area contributed by atoms with Crippen LogP contribution < -0.4 is 10.2 Å². The fourth-order valence-corrected chi connectivity index (χ4v) is 6.35. The molecule has 0 radical (unpaired) electrons. The van der Waals surface area contributed by atoms with Gasteiger partial charge in [0.15, 0.2) is 5.16 Å². The minimum atomic E-state index is 0.843. The number of hydrogen-bond donors (Lipinski definition) is 2. The van der Waals surface area contributed by atoms with Gasteiger partial charge in [-0.25, -0.2) is 15.0 Å². The van der Waals surface area contributed by atoms with Gasteiger partial charge in [0, 0.05) is 11.1 Å². The number of morpholine rings is 1. The number of thiophene rings is 1. The molecule has 1 saturated heterocycles. The van der Waals surface area contributed by atoms with E-state index < -0.39 is 0 Å². The highest BCUT2D eigenvalue weighted by Gasteiger charge is 2.25. The second kappa shape index (κ2) is 9.57. The Hall–Kier alpha value is -1.48. The molecule has 6 nitrogen and oxygen atoms in total. The summed E-state index contributed by atoms with van der Waals surface area (Å²) in [5.41, 5.74) is 5.46. The number of nitrogens with zero attached hydrogens (tertiary/aromatic N) is 3. The van der Waals surface area contributed by atoms with Gasteiger partial charge in [0.1, 0.15) is 23.7 Å². The lowest BCUT2D eigenvalue weighted by Gasteiger charge is -2.23. The van der Waals surface area contributed by atoms with Gasteiger partial charge >= 0.3 is 0 Å². The molecule has 3 aromatic heterocycles. The fraction of sp³-hybridized carbons (Fsp3) is 0.609. The Bertz CT molecular complexity index is 1080. The molecule has 0 saturated carbocycles. The number of hydrogen-bond acceptors (Lipinski definition) is 7. The second-order valence-electron chi connectivity index (χ2n) is 8.53. The number of unbranched alkanes of at least 4 members (excludes halogenated alkanes) is 1. The van der Waals surface area contributed by atoms with E-state index in [9.17, 15) is 0 Å². The molecule has 31 heavy (non-hydrogen) atoms. The third-order valence-corrected chi connectivity index (χ3v) is 8.15. The van der Waals surface area contributed by atoms with Crippen LogP contribution in [0.3, 0.4) is 0 Å². The number of aryl methyl sites for hydroxylation is 2. The minimum Gasteiger partial charge on any atom is -0.370 e. The Labute approximate surface area is 192 Å². The van der Waals surface area contributed by atoms with Crippen LogP contribution >= 0.6 is 23.1 Å². The zero-order valence-corrected chi connectivity index (χ0v) is 20.2. The first kappa shape index (κ1) is 21.4. The molecule has 0 unspecified atom stereocenters. The van der Waals surface area contributed by atoms with Gasteiger partial charge in [-0.05, 0) is 49.5 Å². The SMILES string of the molecule is CCCCc1nc2sc3c(NCC[NH+]4CCOCC4)nc(SC)nc3c2c2c1CCC2. The van der Waals surface area contributed by atoms with Gasteiger partial charge in [0.05, 0.1) is 36.5 Å². The monoisotopic (exact) mass is 458 g/mol. The van der Waals surface area contributed by atoms with Crippen LogP contribution in [0.15, 0.2) is 5.16 Å². The summed E-state index contributed by atoms with van der Waals surface area (Å²) in [5.74, 6) is 0.979. The highest BCUT2D eigenvalue weighted by Crippen LogP contribution is 2.42. The second-order valence-corrected chi connectivity index (χ2v) is 10.3. The van der Waals surface area contributed by atoms with Gasteiger partial charge in [-0.1, -0.05) is 25.1 Å². The molecule has 0 spiro atoms. The van der Waals surface area contributed by atoms with Crippen LogP contribution in [-0.4, -0.2) is 60.6 Å². The number of thioether (sulfide) groups is 1. The molecular weight excluding hydrogens is 426 g/mol. The molecule has 8 heteroatoms. The molecule has 2 N–H and O–H groups in total.